The Balaban J connectivity index is 1.37. The maximum absolute atomic E-state index is 12.4. The maximum atomic E-state index is 12.4. The minimum atomic E-state index is -0.230. The van der Waals surface area contributed by atoms with Gasteiger partial charge in [0.05, 0.1) is 16.3 Å². The van der Waals surface area contributed by atoms with Gasteiger partial charge in [-0.2, -0.15) is 0 Å². The Labute approximate surface area is 168 Å². The van der Waals surface area contributed by atoms with Gasteiger partial charge in [-0.05, 0) is 36.4 Å². The number of anilines is 3. The van der Waals surface area contributed by atoms with E-state index in [0.717, 1.165) is 37.8 Å². The van der Waals surface area contributed by atoms with Crippen molar-refractivity contribution in [2.75, 3.05) is 41.3 Å². The highest BCUT2D eigenvalue weighted by atomic mass is 35.5. The van der Waals surface area contributed by atoms with Crippen molar-refractivity contribution >= 4 is 34.8 Å². The minimum Gasteiger partial charge on any atom is -0.353 e. The zero-order chi connectivity index (χ0) is 19.3. The van der Waals surface area contributed by atoms with Gasteiger partial charge in [0, 0.05) is 38.6 Å². The Kier molecular flexibility index (Phi) is 5.39. The molecule has 1 aromatic carbocycles. The molecule has 0 aliphatic carbocycles. The molecular formula is C21H20ClN5O. The van der Waals surface area contributed by atoms with Crippen molar-refractivity contribution in [1.82, 2.24) is 9.97 Å². The number of carbonyl (C=O) groups is 1. The highest BCUT2D eigenvalue weighted by molar-refractivity contribution is 6.33. The lowest BCUT2D eigenvalue weighted by Crippen LogP contribution is -2.47. The summed E-state index contributed by atoms with van der Waals surface area (Å²) in [5.41, 5.74) is 1.08. The normalized spacial score (nSPS) is 14.0. The smallest absolute Gasteiger partial charge is 0.257 e. The third kappa shape index (κ3) is 4.07. The van der Waals surface area contributed by atoms with Gasteiger partial charge >= 0.3 is 0 Å². The van der Waals surface area contributed by atoms with E-state index in [-0.39, 0.29) is 5.91 Å². The Bertz CT molecular complexity index is 941. The van der Waals surface area contributed by atoms with Crippen LogP contribution in [0.1, 0.15) is 10.4 Å². The summed E-state index contributed by atoms with van der Waals surface area (Å²) in [7, 11) is 0. The second-order valence-corrected chi connectivity index (χ2v) is 6.91. The van der Waals surface area contributed by atoms with Gasteiger partial charge in [0.15, 0.2) is 0 Å². The zero-order valence-corrected chi connectivity index (χ0v) is 16.0. The van der Waals surface area contributed by atoms with Gasteiger partial charge in [-0.15, -0.1) is 0 Å². The average Bonchev–Trinajstić information content (AvgIpc) is 2.76. The second kappa shape index (κ2) is 8.27. The van der Waals surface area contributed by atoms with Crippen LogP contribution in [0.3, 0.4) is 0 Å². The molecule has 3 heterocycles. The van der Waals surface area contributed by atoms with Gasteiger partial charge in [0.25, 0.3) is 5.91 Å². The molecule has 1 aliphatic rings. The van der Waals surface area contributed by atoms with E-state index in [1.165, 1.54) is 0 Å². The summed E-state index contributed by atoms with van der Waals surface area (Å²) in [6.45, 7) is 3.48. The third-order valence-electron chi connectivity index (χ3n) is 4.71. The summed E-state index contributed by atoms with van der Waals surface area (Å²) in [6.07, 6.45) is 3.42. The average molecular weight is 394 g/mol. The number of halogens is 1. The number of hydrogen-bond donors (Lipinski definition) is 1. The summed E-state index contributed by atoms with van der Waals surface area (Å²) in [5, 5.41) is 3.32. The second-order valence-electron chi connectivity index (χ2n) is 6.50. The molecule has 0 spiro atoms. The molecule has 1 amide bonds. The molecule has 1 saturated heterocycles. The van der Waals surface area contributed by atoms with Crippen LogP contribution < -0.4 is 15.1 Å². The van der Waals surface area contributed by atoms with Crippen molar-refractivity contribution in [2.24, 2.45) is 0 Å². The quantitative estimate of drug-likeness (QED) is 0.732. The first kappa shape index (κ1) is 18.3. The lowest BCUT2D eigenvalue weighted by atomic mass is 10.2. The molecule has 0 radical (unpaired) electrons. The van der Waals surface area contributed by atoms with E-state index in [4.69, 9.17) is 11.6 Å². The lowest BCUT2D eigenvalue weighted by molar-refractivity contribution is 0.102. The molecule has 1 fully saturated rings. The molecule has 28 heavy (non-hydrogen) atoms. The first-order valence-electron chi connectivity index (χ1n) is 9.13. The number of rotatable bonds is 4. The topological polar surface area (TPSA) is 61.4 Å². The monoisotopic (exact) mass is 393 g/mol. The maximum Gasteiger partial charge on any atom is 0.257 e. The summed E-state index contributed by atoms with van der Waals surface area (Å²) in [5.74, 6) is 1.64. The number of nitrogens with one attached hydrogen (secondary N) is 1. The molecule has 0 unspecified atom stereocenters. The van der Waals surface area contributed by atoms with Crippen LogP contribution in [0.25, 0.3) is 0 Å². The van der Waals surface area contributed by atoms with E-state index in [0.29, 0.717) is 16.3 Å². The summed E-state index contributed by atoms with van der Waals surface area (Å²) in [6, 6.07) is 16.8. The molecule has 1 aliphatic heterocycles. The van der Waals surface area contributed by atoms with Crippen molar-refractivity contribution in [3.8, 4) is 0 Å². The van der Waals surface area contributed by atoms with Crippen LogP contribution in [0.15, 0.2) is 67.0 Å². The predicted molar refractivity (Wildman–Crippen MR) is 112 cm³/mol. The van der Waals surface area contributed by atoms with Crippen LogP contribution in [0.4, 0.5) is 17.3 Å². The van der Waals surface area contributed by atoms with E-state index in [1.807, 2.05) is 42.6 Å². The molecule has 6 nitrogen and oxygen atoms in total. The highest BCUT2D eigenvalue weighted by Crippen LogP contribution is 2.22. The van der Waals surface area contributed by atoms with E-state index >= 15 is 0 Å². The van der Waals surface area contributed by atoms with Gasteiger partial charge in [0.1, 0.15) is 11.6 Å². The highest BCUT2D eigenvalue weighted by Gasteiger charge is 2.19. The Morgan fingerprint density at radius 1 is 0.857 bits per heavy atom. The van der Waals surface area contributed by atoms with Crippen LogP contribution in [-0.2, 0) is 0 Å². The first-order chi connectivity index (χ1) is 13.7. The van der Waals surface area contributed by atoms with E-state index < -0.39 is 0 Å². The number of amides is 1. The number of carbonyl (C=O) groups excluding carboxylic acids is 1. The number of nitrogens with zero attached hydrogens (tertiary/aromatic N) is 4. The predicted octanol–water partition coefficient (Wildman–Crippen LogP) is 3.71. The fourth-order valence-electron chi connectivity index (χ4n) is 3.17. The molecule has 2 aromatic heterocycles. The molecule has 3 aromatic rings. The molecule has 7 heteroatoms. The van der Waals surface area contributed by atoms with Crippen molar-refractivity contribution in [3.63, 3.8) is 0 Å². The Morgan fingerprint density at radius 2 is 1.54 bits per heavy atom. The van der Waals surface area contributed by atoms with Crippen LogP contribution >= 0.6 is 11.6 Å². The van der Waals surface area contributed by atoms with E-state index in [9.17, 15) is 4.79 Å². The number of pyridine rings is 2. The van der Waals surface area contributed by atoms with Crippen molar-refractivity contribution in [2.45, 2.75) is 0 Å². The molecular weight excluding hydrogens is 374 g/mol. The van der Waals surface area contributed by atoms with Crippen molar-refractivity contribution in [3.05, 3.63) is 77.6 Å². The number of para-hydroxylation sites is 1. The molecule has 0 saturated carbocycles. The molecule has 142 valence electrons. The largest absolute Gasteiger partial charge is 0.353 e. The summed E-state index contributed by atoms with van der Waals surface area (Å²) in [4.78, 5) is 25.8. The van der Waals surface area contributed by atoms with Gasteiger partial charge in [-0.3, -0.25) is 4.79 Å². The fraction of sp³-hybridized carbons (Fsp3) is 0.190. The zero-order valence-electron chi connectivity index (χ0n) is 15.3. The Hall–Kier alpha value is -3.12. The van der Waals surface area contributed by atoms with Crippen LogP contribution in [-0.4, -0.2) is 42.1 Å². The lowest BCUT2D eigenvalue weighted by Gasteiger charge is -2.36. The van der Waals surface area contributed by atoms with Crippen molar-refractivity contribution in [1.29, 1.82) is 0 Å². The summed E-state index contributed by atoms with van der Waals surface area (Å²) < 4.78 is 0. The van der Waals surface area contributed by atoms with E-state index in [2.05, 4.69) is 25.1 Å². The first-order valence-corrected chi connectivity index (χ1v) is 9.51. The number of aromatic nitrogens is 2. The minimum absolute atomic E-state index is 0.230. The fourth-order valence-corrected chi connectivity index (χ4v) is 3.35. The standard InChI is InChI=1S/C21H20ClN5O/c22-17-5-1-2-6-18(17)25-21(28)16-8-9-20(24-15-16)27-13-11-26(12-14-27)19-7-3-4-10-23-19/h1-10,15H,11-14H2,(H,25,28). The Morgan fingerprint density at radius 3 is 2.14 bits per heavy atom. The van der Waals surface area contributed by atoms with Gasteiger partial charge < -0.3 is 15.1 Å². The molecule has 0 atom stereocenters. The molecule has 0 bridgehead atoms. The van der Waals surface area contributed by atoms with Crippen molar-refractivity contribution < 1.29 is 4.79 Å². The molecule has 4 rings (SSSR count). The van der Waals surface area contributed by atoms with Gasteiger partial charge in [-0.25, -0.2) is 9.97 Å². The number of piperazine rings is 1. The third-order valence-corrected chi connectivity index (χ3v) is 5.04. The SMILES string of the molecule is O=C(Nc1ccccc1Cl)c1ccc(N2CCN(c3ccccn3)CC2)nc1. The summed E-state index contributed by atoms with van der Waals surface area (Å²) >= 11 is 6.09. The van der Waals surface area contributed by atoms with E-state index in [1.54, 1.807) is 24.4 Å². The van der Waals surface area contributed by atoms with Gasteiger partial charge in [-0.1, -0.05) is 29.8 Å². The van der Waals surface area contributed by atoms with Crippen LogP contribution in [0, 0.1) is 0 Å². The number of benzene rings is 1. The van der Waals surface area contributed by atoms with Crippen LogP contribution in [0.2, 0.25) is 5.02 Å². The van der Waals surface area contributed by atoms with Gasteiger partial charge in [0.2, 0.25) is 0 Å². The number of hydrogen-bond acceptors (Lipinski definition) is 5. The van der Waals surface area contributed by atoms with Crippen LogP contribution in [0.5, 0.6) is 0 Å². The molecule has 1 N–H and O–H groups in total.